The van der Waals surface area contributed by atoms with Gasteiger partial charge in [0.05, 0.1) is 0 Å². The minimum atomic E-state index is -0.0672. The van der Waals surface area contributed by atoms with E-state index in [0.717, 1.165) is 15.5 Å². The predicted octanol–water partition coefficient (Wildman–Crippen LogP) is 4.46. The van der Waals surface area contributed by atoms with Crippen molar-refractivity contribution in [1.82, 2.24) is 0 Å². The summed E-state index contributed by atoms with van der Waals surface area (Å²) in [5.74, 6) is -0.132. The van der Waals surface area contributed by atoms with Gasteiger partial charge in [0.25, 0.3) is 0 Å². The summed E-state index contributed by atoms with van der Waals surface area (Å²) in [5, 5.41) is 2.19. The van der Waals surface area contributed by atoms with E-state index < -0.39 is 0 Å². The summed E-state index contributed by atoms with van der Waals surface area (Å²) in [6.45, 7) is 3.00. The lowest BCUT2D eigenvalue weighted by Gasteiger charge is -2.04. The second-order valence-electron chi connectivity index (χ2n) is 4.60. The first-order valence-corrected chi connectivity index (χ1v) is 6.87. The zero-order valence-electron chi connectivity index (χ0n) is 10.7. The molecule has 3 aromatic rings. The summed E-state index contributed by atoms with van der Waals surface area (Å²) in [7, 11) is 0. The van der Waals surface area contributed by atoms with E-state index in [0.29, 0.717) is 11.1 Å². The Morgan fingerprint density at radius 3 is 2.16 bits per heavy atom. The minimum absolute atomic E-state index is 0.0652. The van der Waals surface area contributed by atoms with Crippen molar-refractivity contribution in [2.45, 2.75) is 13.8 Å². The minimum Gasteiger partial charge on any atom is -0.294 e. The molecular weight excluding hydrogens is 256 g/mol. The molecule has 0 aliphatic rings. The monoisotopic (exact) mass is 268 g/mol. The smallest absolute Gasteiger partial charge is 0.160 e. The molecule has 0 saturated heterocycles. The predicted molar refractivity (Wildman–Crippen MR) is 79.3 cm³/mol. The maximum absolute atomic E-state index is 11.7. The van der Waals surface area contributed by atoms with Crippen molar-refractivity contribution in [3.05, 3.63) is 47.5 Å². The summed E-state index contributed by atoms with van der Waals surface area (Å²) in [6.07, 6.45) is 0. The Balaban J connectivity index is 2.46. The second-order valence-corrected chi connectivity index (χ2v) is 5.69. The van der Waals surface area contributed by atoms with Gasteiger partial charge in [-0.1, -0.05) is 18.2 Å². The molecule has 2 nitrogen and oxygen atoms in total. The Morgan fingerprint density at radius 1 is 0.842 bits per heavy atom. The molecule has 0 unspecified atom stereocenters. The van der Waals surface area contributed by atoms with Crippen molar-refractivity contribution >= 4 is 43.1 Å². The number of hydrogen-bond donors (Lipinski definition) is 0. The summed E-state index contributed by atoms with van der Waals surface area (Å²) in [5.41, 5.74) is 1.04. The Morgan fingerprint density at radius 2 is 1.47 bits per heavy atom. The number of fused-ring (bicyclic) bond motifs is 3. The molecule has 0 bridgehead atoms. The molecule has 0 N–H and O–H groups in total. The van der Waals surface area contributed by atoms with Gasteiger partial charge in [-0.3, -0.25) is 9.59 Å². The number of carbonyl (C=O) groups excluding carboxylic acids is 2. The summed E-state index contributed by atoms with van der Waals surface area (Å²) < 4.78 is 2.23. The fourth-order valence-corrected chi connectivity index (χ4v) is 3.48. The van der Waals surface area contributed by atoms with Crippen LogP contribution >= 0.6 is 11.3 Å². The van der Waals surface area contributed by atoms with Gasteiger partial charge in [-0.25, -0.2) is 0 Å². The van der Waals surface area contributed by atoms with Crippen LogP contribution in [0.15, 0.2) is 36.4 Å². The molecule has 0 spiro atoms. The summed E-state index contributed by atoms with van der Waals surface area (Å²) in [6, 6.07) is 11.8. The highest BCUT2D eigenvalue weighted by atomic mass is 32.1. The van der Waals surface area contributed by atoms with Crippen molar-refractivity contribution in [2.24, 2.45) is 0 Å². The molecule has 3 rings (SSSR count). The largest absolute Gasteiger partial charge is 0.294 e. The molecule has 0 aliphatic carbocycles. The van der Waals surface area contributed by atoms with Crippen LogP contribution in [-0.2, 0) is 0 Å². The van der Waals surface area contributed by atoms with E-state index in [4.69, 9.17) is 0 Å². The molecule has 0 fully saturated rings. The van der Waals surface area contributed by atoms with Gasteiger partial charge in [0.1, 0.15) is 0 Å². The lowest BCUT2D eigenvalue weighted by molar-refractivity contribution is 0.0981. The first-order chi connectivity index (χ1) is 9.08. The highest BCUT2D eigenvalue weighted by Crippen LogP contribution is 2.35. The fourth-order valence-electron chi connectivity index (χ4n) is 2.35. The van der Waals surface area contributed by atoms with Gasteiger partial charge < -0.3 is 0 Å². The van der Waals surface area contributed by atoms with Crippen LogP contribution in [0.3, 0.4) is 0 Å². The van der Waals surface area contributed by atoms with Gasteiger partial charge in [0.2, 0.25) is 0 Å². The average Bonchev–Trinajstić information content (AvgIpc) is 2.74. The van der Waals surface area contributed by atoms with Crippen LogP contribution in [0, 0.1) is 0 Å². The zero-order chi connectivity index (χ0) is 13.6. The van der Waals surface area contributed by atoms with Gasteiger partial charge in [-0.2, -0.15) is 0 Å². The highest BCUT2D eigenvalue weighted by Gasteiger charge is 2.15. The average molecular weight is 268 g/mol. The SMILES string of the molecule is CC(=O)c1cc2sc3ccccc3c2cc1C(C)=O. The fraction of sp³-hybridized carbons (Fsp3) is 0.125. The topological polar surface area (TPSA) is 34.1 Å². The normalized spacial score (nSPS) is 11.1. The number of benzene rings is 2. The zero-order valence-corrected chi connectivity index (χ0v) is 11.5. The van der Waals surface area contributed by atoms with Crippen LogP contribution in [0.25, 0.3) is 20.2 Å². The van der Waals surface area contributed by atoms with Crippen LogP contribution in [0.2, 0.25) is 0 Å². The Hall–Kier alpha value is -2.00. The summed E-state index contributed by atoms with van der Waals surface area (Å²) >= 11 is 1.65. The third-order valence-electron chi connectivity index (χ3n) is 3.28. The van der Waals surface area contributed by atoms with Gasteiger partial charge in [-0.05, 0) is 32.0 Å². The van der Waals surface area contributed by atoms with Crippen LogP contribution in [-0.4, -0.2) is 11.6 Å². The Labute approximate surface area is 114 Å². The lowest BCUT2D eigenvalue weighted by Crippen LogP contribution is -2.03. The molecule has 19 heavy (non-hydrogen) atoms. The third-order valence-corrected chi connectivity index (χ3v) is 4.41. The molecule has 0 radical (unpaired) electrons. The molecule has 0 atom stereocenters. The molecule has 2 aromatic carbocycles. The molecule has 3 heteroatoms. The Bertz CT molecular complexity index is 827. The summed E-state index contributed by atoms with van der Waals surface area (Å²) in [4.78, 5) is 23.4. The molecule has 94 valence electrons. The van der Waals surface area contributed by atoms with Crippen LogP contribution in [0.5, 0.6) is 0 Å². The van der Waals surface area contributed by atoms with Gasteiger partial charge in [-0.15, -0.1) is 11.3 Å². The van der Waals surface area contributed by atoms with Crippen LogP contribution < -0.4 is 0 Å². The van der Waals surface area contributed by atoms with Gasteiger partial charge in [0.15, 0.2) is 11.6 Å². The number of ketones is 2. The van der Waals surface area contributed by atoms with Gasteiger partial charge in [0, 0.05) is 31.3 Å². The Kier molecular flexibility index (Phi) is 2.72. The van der Waals surface area contributed by atoms with Crippen molar-refractivity contribution in [2.75, 3.05) is 0 Å². The molecule has 1 heterocycles. The highest BCUT2D eigenvalue weighted by molar-refractivity contribution is 7.25. The van der Waals surface area contributed by atoms with E-state index in [1.165, 1.54) is 18.5 Å². The van der Waals surface area contributed by atoms with E-state index in [-0.39, 0.29) is 11.6 Å². The molecule has 1 aromatic heterocycles. The van der Waals surface area contributed by atoms with E-state index in [2.05, 4.69) is 6.07 Å². The quantitative estimate of drug-likeness (QED) is 0.643. The van der Waals surface area contributed by atoms with Crippen LogP contribution in [0.1, 0.15) is 34.6 Å². The second kappa shape index (κ2) is 4.28. The molecule has 0 amide bonds. The van der Waals surface area contributed by atoms with Crippen molar-refractivity contribution < 1.29 is 9.59 Å². The van der Waals surface area contributed by atoms with Gasteiger partial charge >= 0.3 is 0 Å². The molecular formula is C16H12O2S. The number of Topliss-reactive ketones (excluding diaryl/α,β-unsaturated/α-hetero) is 2. The van der Waals surface area contributed by atoms with Crippen LogP contribution in [0.4, 0.5) is 0 Å². The lowest BCUT2D eigenvalue weighted by atomic mass is 9.98. The maximum atomic E-state index is 11.7. The molecule has 0 saturated carbocycles. The number of carbonyl (C=O) groups is 2. The van der Waals surface area contributed by atoms with Crippen molar-refractivity contribution in [3.63, 3.8) is 0 Å². The van der Waals surface area contributed by atoms with E-state index in [9.17, 15) is 9.59 Å². The maximum Gasteiger partial charge on any atom is 0.160 e. The van der Waals surface area contributed by atoms with E-state index >= 15 is 0 Å². The van der Waals surface area contributed by atoms with E-state index in [1.807, 2.05) is 30.3 Å². The number of hydrogen-bond acceptors (Lipinski definition) is 3. The number of rotatable bonds is 2. The van der Waals surface area contributed by atoms with Crippen molar-refractivity contribution in [1.29, 1.82) is 0 Å². The standard InChI is InChI=1S/C16H12O2S/c1-9(17)12-7-14-11-5-3-4-6-15(11)19-16(14)8-13(12)10(2)18/h3-8H,1-2H3. The first kappa shape index (κ1) is 12.1. The number of thiophene rings is 1. The third kappa shape index (κ3) is 1.87. The molecule has 0 aliphatic heterocycles. The van der Waals surface area contributed by atoms with Crippen molar-refractivity contribution in [3.8, 4) is 0 Å². The first-order valence-electron chi connectivity index (χ1n) is 6.05. The van der Waals surface area contributed by atoms with E-state index in [1.54, 1.807) is 11.3 Å².